The molecule has 0 aromatic heterocycles. The molecule has 0 heterocycles. The molecule has 1 aromatic rings. The van der Waals surface area contributed by atoms with E-state index < -0.39 is 23.7 Å². The molecule has 0 bridgehead atoms. The number of carbonyl (C=O) groups is 2. The van der Waals surface area contributed by atoms with Crippen LogP contribution in [0, 0.1) is 5.82 Å². The van der Waals surface area contributed by atoms with Crippen LogP contribution in [0.25, 0.3) is 0 Å². The zero-order chi connectivity index (χ0) is 14.4. The molecule has 2 amide bonds. The molecule has 4 N–H and O–H groups in total. The van der Waals surface area contributed by atoms with Gasteiger partial charge in [-0.3, -0.25) is 9.59 Å². The van der Waals surface area contributed by atoms with Gasteiger partial charge in [-0.05, 0) is 24.6 Å². The fourth-order valence-electron chi connectivity index (χ4n) is 1.37. The summed E-state index contributed by atoms with van der Waals surface area (Å²) in [6.45, 7) is 1.60. The molecule has 102 valence electrons. The van der Waals surface area contributed by atoms with Gasteiger partial charge in [-0.1, -0.05) is 24.4 Å². The van der Waals surface area contributed by atoms with Gasteiger partial charge >= 0.3 is 11.8 Å². The van der Waals surface area contributed by atoms with Crippen LogP contribution in [0.1, 0.15) is 18.5 Å². The Hall–Kier alpha value is -2.02. The number of carbonyl (C=O) groups excluding carboxylic acids is 2. The molecule has 1 rings (SSSR count). The average Bonchev–Trinajstić information content (AvgIpc) is 2.35. The summed E-state index contributed by atoms with van der Waals surface area (Å²) >= 11 is 4.57. The minimum absolute atomic E-state index is 0.0457. The van der Waals surface area contributed by atoms with Crippen molar-refractivity contribution >= 4 is 29.0 Å². The Labute approximate surface area is 115 Å². The summed E-state index contributed by atoms with van der Waals surface area (Å²) in [5.41, 5.74) is 5.76. The second kappa shape index (κ2) is 6.79. The second-order valence-electron chi connectivity index (χ2n) is 3.90. The van der Waals surface area contributed by atoms with Crippen LogP contribution >= 0.6 is 12.2 Å². The lowest BCUT2D eigenvalue weighted by molar-refractivity contribution is -0.139. The molecule has 1 atom stereocenters. The van der Waals surface area contributed by atoms with Crippen molar-refractivity contribution in [2.24, 2.45) is 5.73 Å². The van der Waals surface area contributed by atoms with Crippen LogP contribution in [0.3, 0.4) is 0 Å². The lowest BCUT2D eigenvalue weighted by Gasteiger charge is -2.14. The molecule has 0 aliphatic rings. The maximum Gasteiger partial charge on any atom is 0.309 e. The molecule has 1 aromatic carbocycles. The molecule has 0 aliphatic carbocycles. The molecule has 0 aliphatic heterocycles. The lowest BCUT2D eigenvalue weighted by atomic mass is 10.1. The Morgan fingerprint density at radius 3 is 2.68 bits per heavy atom. The third-order valence-electron chi connectivity index (χ3n) is 2.33. The van der Waals surface area contributed by atoms with E-state index in [4.69, 9.17) is 5.73 Å². The van der Waals surface area contributed by atoms with Gasteiger partial charge in [0.25, 0.3) is 0 Å². The van der Waals surface area contributed by atoms with E-state index in [2.05, 4.69) is 22.9 Å². The maximum atomic E-state index is 13.0. The molecule has 0 fully saturated rings. The quantitative estimate of drug-likeness (QED) is 0.552. The van der Waals surface area contributed by atoms with Gasteiger partial charge in [0.05, 0.1) is 17.6 Å². The first-order valence-electron chi connectivity index (χ1n) is 5.52. The predicted molar refractivity (Wildman–Crippen MR) is 72.8 cm³/mol. The molecule has 0 spiro atoms. The van der Waals surface area contributed by atoms with Crippen molar-refractivity contribution < 1.29 is 14.0 Å². The van der Waals surface area contributed by atoms with Crippen molar-refractivity contribution in [1.82, 2.24) is 10.6 Å². The summed E-state index contributed by atoms with van der Waals surface area (Å²) in [7, 11) is 0. The number of hydrogen-bond acceptors (Lipinski definition) is 3. The van der Waals surface area contributed by atoms with E-state index in [1.165, 1.54) is 18.2 Å². The fraction of sp³-hybridized carbons (Fsp3) is 0.250. The molecule has 0 saturated heterocycles. The first-order valence-corrected chi connectivity index (χ1v) is 5.93. The maximum absolute atomic E-state index is 13.0. The SMILES string of the molecule is CC(NC(=O)C(=O)NCC(N)=S)c1cccc(F)c1. The summed E-state index contributed by atoms with van der Waals surface area (Å²) in [5.74, 6) is -2.07. The normalized spacial score (nSPS) is 11.5. The largest absolute Gasteiger partial charge is 0.392 e. The van der Waals surface area contributed by atoms with Gasteiger partial charge in [0.1, 0.15) is 5.82 Å². The standard InChI is InChI=1S/C12H14FN3O2S/c1-7(8-3-2-4-9(13)5-8)16-12(18)11(17)15-6-10(14)19/h2-5,7H,6H2,1H3,(H2,14,19)(H,15,17)(H,16,18). The minimum Gasteiger partial charge on any atom is -0.392 e. The smallest absolute Gasteiger partial charge is 0.309 e. The third kappa shape index (κ3) is 5.01. The highest BCUT2D eigenvalue weighted by molar-refractivity contribution is 7.80. The highest BCUT2D eigenvalue weighted by Gasteiger charge is 2.16. The summed E-state index contributed by atoms with van der Waals surface area (Å²) in [6, 6.07) is 5.28. The first kappa shape index (κ1) is 15.0. The van der Waals surface area contributed by atoms with Crippen LogP contribution in [-0.4, -0.2) is 23.3 Å². The average molecular weight is 283 g/mol. The van der Waals surface area contributed by atoms with E-state index in [0.29, 0.717) is 5.56 Å². The first-order chi connectivity index (χ1) is 8.90. The van der Waals surface area contributed by atoms with Gasteiger partial charge < -0.3 is 16.4 Å². The van der Waals surface area contributed by atoms with Gasteiger partial charge in [-0.25, -0.2) is 4.39 Å². The van der Waals surface area contributed by atoms with Crippen molar-refractivity contribution in [1.29, 1.82) is 0 Å². The van der Waals surface area contributed by atoms with E-state index in [1.807, 2.05) is 0 Å². The molecular weight excluding hydrogens is 269 g/mol. The van der Waals surface area contributed by atoms with Crippen LogP contribution in [0.2, 0.25) is 0 Å². The summed E-state index contributed by atoms with van der Waals surface area (Å²) in [5, 5.41) is 4.70. The van der Waals surface area contributed by atoms with E-state index in [9.17, 15) is 14.0 Å². The number of rotatable bonds is 4. The Kier molecular flexibility index (Phi) is 5.37. The van der Waals surface area contributed by atoms with Gasteiger partial charge in [-0.15, -0.1) is 0 Å². The van der Waals surface area contributed by atoms with Crippen LogP contribution in [0.4, 0.5) is 4.39 Å². The summed E-state index contributed by atoms with van der Waals surface area (Å²) in [4.78, 5) is 23.0. The predicted octanol–water partition coefficient (Wildman–Crippen LogP) is 0.405. The van der Waals surface area contributed by atoms with Crippen molar-refractivity contribution in [2.45, 2.75) is 13.0 Å². The van der Waals surface area contributed by atoms with Crippen LogP contribution in [0.5, 0.6) is 0 Å². The van der Waals surface area contributed by atoms with E-state index in [-0.39, 0.29) is 11.5 Å². The van der Waals surface area contributed by atoms with Crippen molar-refractivity contribution in [3.63, 3.8) is 0 Å². The van der Waals surface area contributed by atoms with E-state index in [0.717, 1.165) is 0 Å². The highest BCUT2D eigenvalue weighted by atomic mass is 32.1. The molecule has 0 radical (unpaired) electrons. The van der Waals surface area contributed by atoms with Gasteiger partial charge in [0.15, 0.2) is 0 Å². The van der Waals surface area contributed by atoms with Crippen molar-refractivity contribution in [2.75, 3.05) is 6.54 Å². The lowest BCUT2D eigenvalue weighted by Crippen LogP contribution is -2.43. The monoisotopic (exact) mass is 283 g/mol. The van der Waals surface area contributed by atoms with Gasteiger partial charge in [0, 0.05) is 0 Å². The number of nitrogens with one attached hydrogen (secondary N) is 2. The summed E-state index contributed by atoms with van der Waals surface area (Å²) < 4.78 is 13.0. The van der Waals surface area contributed by atoms with Crippen LogP contribution < -0.4 is 16.4 Å². The van der Waals surface area contributed by atoms with Crippen molar-refractivity contribution in [3.8, 4) is 0 Å². The number of hydrogen-bond donors (Lipinski definition) is 3. The Bertz CT molecular complexity index is 508. The third-order valence-corrected chi connectivity index (χ3v) is 2.47. The molecule has 5 nitrogen and oxygen atoms in total. The van der Waals surface area contributed by atoms with Gasteiger partial charge in [-0.2, -0.15) is 0 Å². The Morgan fingerprint density at radius 1 is 1.42 bits per heavy atom. The van der Waals surface area contributed by atoms with Crippen LogP contribution in [-0.2, 0) is 9.59 Å². The highest BCUT2D eigenvalue weighted by Crippen LogP contribution is 2.12. The number of benzene rings is 1. The minimum atomic E-state index is -0.837. The number of halogens is 1. The molecule has 19 heavy (non-hydrogen) atoms. The summed E-state index contributed by atoms with van der Waals surface area (Å²) in [6.07, 6.45) is 0. The van der Waals surface area contributed by atoms with Crippen LogP contribution in [0.15, 0.2) is 24.3 Å². The topological polar surface area (TPSA) is 84.2 Å². The fourth-order valence-corrected chi connectivity index (χ4v) is 1.44. The number of amides is 2. The van der Waals surface area contributed by atoms with E-state index >= 15 is 0 Å². The number of nitrogens with two attached hydrogens (primary N) is 1. The van der Waals surface area contributed by atoms with Crippen molar-refractivity contribution in [3.05, 3.63) is 35.6 Å². The zero-order valence-corrected chi connectivity index (χ0v) is 11.1. The molecular formula is C12H14FN3O2S. The van der Waals surface area contributed by atoms with Gasteiger partial charge in [0.2, 0.25) is 0 Å². The molecule has 7 heteroatoms. The zero-order valence-electron chi connectivity index (χ0n) is 10.3. The number of thiocarbonyl (C=S) groups is 1. The molecule has 1 unspecified atom stereocenters. The Morgan fingerprint density at radius 2 is 2.11 bits per heavy atom. The van der Waals surface area contributed by atoms with E-state index in [1.54, 1.807) is 13.0 Å². The Balaban J connectivity index is 2.56. The molecule has 0 saturated carbocycles. The second-order valence-corrected chi connectivity index (χ2v) is 4.42.